The first-order chi connectivity index (χ1) is 10.1. The predicted octanol–water partition coefficient (Wildman–Crippen LogP) is 1.31. The monoisotopic (exact) mass is 292 g/mol. The summed E-state index contributed by atoms with van der Waals surface area (Å²) in [6, 6.07) is 3.67. The number of nitrogens with zero attached hydrogens (tertiary/aromatic N) is 2. The Bertz CT molecular complexity index is 486. The number of pyridine rings is 1. The molecule has 0 bridgehead atoms. The van der Waals surface area contributed by atoms with Crippen LogP contribution >= 0.6 is 0 Å². The Hall–Kier alpha value is -1.95. The van der Waals surface area contributed by atoms with Gasteiger partial charge in [-0.05, 0) is 24.5 Å². The van der Waals surface area contributed by atoms with Crippen LogP contribution in [0.2, 0.25) is 0 Å². The van der Waals surface area contributed by atoms with E-state index in [1.807, 2.05) is 6.07 Å². The number of hydrogen-bond donors (Lipinski definition) is 1. The molecule has 1 aromatic heterocycles. The van der Waals surface area contributed by atoms with Gasteiger partial charge in [-0.1, -0.05) is 13.0 Å². The molecule has 0 aliphatic carbocycles. The first kappa shape index (κ1) is 15.4. The Balaban J connectivity index is 2.09. The van der Waals surface area contributed by atoms with Crippen molar-refractivity contribution >= 4 is 11.9 Å². The molecule has 0 aromatic carbocycles. The molecule has 0 radical (unpaired) electrons. The lowest BCUT2D eigenvalue weighted by Gasteiger charge is -2.27. The van der Waals surface area contributed by atoms with Gasteiger partial charge in [-0.25, -0.2) is 0 Å². The number of aliphatic carboxylic acids is 1. The zero-order valence-corrected chi connectivity index (χ0v) is 12.1. The van der Waals surface area contributed by atoms with E-state index in [2.05, 4.69) is 4.98 Å². The Kier molecular flexibility index (Phi) is 5.27. The third-order valence-corrected chi connectivity index (χ3v) is 3.53. The molecule has 21 heavy (non-hydrogen) atoms. The number of aromatic nitrogens is 1. The van der Waals surface area contributed by atoms with Crippen LogP contribution in [-0.2, 0) is 20.9 Å². The van der Waals surface area contributed by atoms with Crippen LogP contribution < -0.4 is 0 Å². The molecule has 1 aromatic rings. The summed E-state index contributed by atoms with van der Waals surface area (Å²) in [5.41, 5.74) is 0.876. The molecule has 2 heterocycles. The van der Waals surface area contributed by atoms with Crippen LogP contribution in [0.5, 0.6) is 0 Å². The van der Waals surface area contributed by atoms with Crippen molar-refractivity contribution in [3.8, 4) is 0 Å². The number of amides is 1. The van der Waals surface area contributed by atoms with Gasteiger partial charge < -0.3 is 14.7 Å². The fraction of sp³-hybridized carbons (Fsp3) is 0.533. The maximum atomic E-state index is 12.5. The van der Waals surface area contributed by atoms with Crippen molar-refractivity contribution in [3.05, 3.63) is 30.1 Å². The molecule has 1 saturated heterocycles. The second-order valence-electron chi connectivity index (χ2n) is 5.32. The molecule has 0 saturated carbocycles. The number of carboxylic acid groups (broad SMARTS) is 1. The Morgan fingerprint density at radius 2 is 2.38 bits per heavy atom. The first-order valence-corrected chi connectivity index (χ1v) is 7.10. The maximum absolute atomic E-state index is 12.5. The minimum atomic E-state index is -0.911. The van der Waals surface area contributed by atoms with E-state index in [4.69, 9.17) is 9.84 Å². The lowest BCUT2D eigenvalue weighted by atomic mass is 10.1. The zero-order chi connectivity index (χ0) is 15.2. The Labute approximate surface area is 123 Å². The normalized spacial score (nSPS) is 19.2. The van der Waals surface area contributed by atoms with Gasteiger partial charge in [0.05, 0.1) is 5.92 Å². The molecule has 1 aliphatic rings. The highest BCUT2D eigenvalue weighted by molar-refractivity contribution is 5.82. The molecule has 2 unspecified atom stereocenters. The number of carbonyl (C=O) groups is 2. The molecular weight excluding hydrogens is 272 g/mol. The van der Waals surface area contributed by atoms with Crippen LogP contribution in [-0.4, -0.2) is 46.1 Å². The van der Waals surface area contributed by atoms with Crippen molar-refractivity contribution in [3.63, 3.8) is 0 Å². The molecule has 2 rings (SSSR count). The van der Waals surface area contributed by atoms with E-state index < -0.39 is 18.0 Å². The van der Waals surface area contributed by atoms with Gasteiger partial charge in [-0.3, -0.25) is 14.6 Å². The molecule has 1 aliphatic heterocycles. The molecule has 114 valence electrons. The van der Waals surface area contributed by atoms with Gasteiger partial charge in [-0.15, -0.1) is 0 Å². The van der Waals surface area contributed by atoms with Gasteiger partial charge in [0, 0.05) is 32.1 Å². The highest BCUT2D eigenvalue weighted by Gasteiger charge is 2.30. The van der Waals surface area contributed by atoms with Crippen LogP contribution in [0.1, 0.15) is 25.3 Å². The van der Waals surface area contributed by atoms with E-state index in [9.17, 15) is 9.59 Å². The summed E-state index contributed by atoms with van der Waals surface area (Å²) in [4.78, 5) is 29.1. The minimum Gasteiger partial charge on any atom is -0.481 e. The summed E-state index contributed by atoms with van der Waals surface area (Å²) in [7, 11) is 0. The summed E-state index contributed by atoms with van der Waals surface area (Å²) >= 11 is 0. The fourth-order valence-corrected chi connectivity index (χ4v) is 2.33. The fourth-order valence-electron chi connectivity index (χ4n) is 2.33. The number of hydrogen-bond acceptors (Lipinski definition) is 4. The van der Waals surface area contributed by atoms with Crippen LogP contribution in [0.15, 0.2) is 24.5 Å². The zero-order valence-electron chi connectivity index (χ0n) is 12.1. The third kappa shape index (κ3) is 4.26. The van der Waals surface area contributed by atoms with Crippen molar-refractivity contribution in [2.45, 2.75) is 32.4 Å². The number of rotatable bonds is 6. The van der Waals surface area contributed by atoms with E-state index in [0.29, 0.717) is 19.6 Å². The third-order valence-electron chi connectivity index (χ3n) is 3.53. The van der Waals surface area contributed by atoms with Gasteiger partial charge in [0.1, 0.15) is 6.10 Å². The SMILES string of the molecule is CC(CN(Cc1cccnc1)C(=O)C1CCCO1)C(=O)O. The summed E-state index contributed by atoms with van der Waals surface area (Å²) in [6.45, 7) is 2.71. The number of carbonyl (C=O) groups excluding carboxylic acids is 1. The molecule has 0 spiro atoms. The van der Waals surface area contributed by atoms with Gasteiger partial charge >= 0.3 is 5.97 Å². The molecule has 6 nitrogen and oxygen atoms in total. The van der Waals surface area contributed by atoms with Crippen LogP contribution in [0.3, 0.4) is 0 Å². The van der Waals surface area contributed by atoms with Crippen LogP contribution in [0, 0.1) is 5.92 Å². The lowest BCUT2D eigenvalue weighted by Crippen LogP contribution is -2.42. The summed E-state index contributed by atoms with van der Waals surface area (Å²) in [6.07, 6.45) is 4.47. The van der Waals surface area contributed by atoms with Gasteiger partial charge in [0.2, 0.25) is 0 Å². The second-order valence-corrected chi connectivity index (χ2v) is 5.32. The average molecular weight is 292 g/mol. The Morgan fingerprint density at radius 1 is 1.57 bits per heavy atom. The number of carboxylic acids is 1. The van der Waals surface area contributed by atoms with Gasteiger partial charge in [0.25, 0.3) is 5.91 Å². The van der Waals surface area contributed by atoms with Crippen molar-refractivity contribution in [1.82, 2.24) is 9.88 Å². The standard InChI is InChI=1S/C15H20N2O4/c1-11(15(19)20)9-17(10-12-4-2-6-16-8-12)14(18)13-5-3-7-21-13/h2,4,6,8,11,13H,3,5,7,9-10H2,1H3,(H,19,20). The van der Waals surface area contributed by atoms with Crippen molar-refractivity contribution in [2.24, 2.45) is 5.92 Å². The average Bonchev–Trinajstić information content (AvgIpc) is 3.01. The van der Waals surface area contributed by atoms with Crippen molar-refractivity contribution < 1.29 is 19.4 Å². The van der Waals surface area contributed by atoms with Crippen molar-refractivity contribution in [2.75, 3.05) is 13.2 Å². The quantitative estimate of drug-likeness (QED) is 0.855. The van der Waals surface area contributed by atoms with Crippen LogP contribution in [0.4, 0.5) is 0 Å². The molecular formula is C15H20N2O4. The van der Waals surface area contributed by atoms with Crippen LogP contribution in [0.25, 0.3) is 0 Å². The molecule has 1 N–H and O–H groups in total. The largest absolute Gasteiger partial charge is 0.481 e. The topological polar surface area (TPSA) is 79.7 Å². The van der Waals surface area contributed by atoms with E-state index in [1.54, 1.807) is 30.3 Å². The van der Waals surface area contributed by atoms with E-state index in [1.165, 1.54) is 0 Å². The second kappa shape index (κ2) is 7.17. The number of ether oxygens (including phenoxy) is 1. The smallest absolute Gasteiger partial charge is 0.308 e. The maximum Gasteiger partial charge on any atom is 0.308 e. The first-order valence-electron chi connectivity index (χ1n) is 7.10. The molecule has 6 heteroatoms. The van der Waals surface area contributed by atoms with Crippen molar-refractivity contribution in [1.29, 1.82) is 0 Å². The minimum absolute atomic E-state index is 0.135. The molecule has 1 amide bonds. The van der Waals surface area contributed by atoms with E-state index >= 15 is 0 Å². The highest BCUT2D eigenvalue weighted by atomic mass is 16.5. The summed E-state index contributed by atoms with van der Waals surface area (Å²) in [5, 5.41) is 9.06. The summed E-state index contributed by atoms with van der Waals surface area (Å²) in [5.74, 6) is -1.66. The molecule has 1 fully saturated rings. The van der Waals surface area contributed by atoms with E-state index in [0.717, 1.165) is 12.0 Å². The Morgan fingerprint density at radius 3 is 2.95 bits per heavy atom. The molecule has 2 atom stereocenters. The lowest BCUT2D eigenvalue weighted by molar-refractivity contribution is -0.146. The van der Waals surface area contributed by atoms with Gasteiger partial charge in [0.15, 0.2) is 0 Å². The van der Waals surface area contributed by atoms with E-state index in [-0.39, 0.29) is 12.5 Å². The predicted molar refractivity (Wildman–Crippen MR) is 75.4 cm³/mol. The van der Waals surface area contributed by atoms with Gasteiger partial charge in [-0.2, -0.15) is 0 Å². The highest BCUT2D eigenvalue weighted by Crippen LogP contribution is 2.17. The summed E-state index contributed by atoms with van der Waals surface area (Å²) < 4.78 is 5.42.